The molecule has 0 aromatic rings. The van der Waals surface area contributed by atoms with Gasteiger partial charge in [0, 0.05) is 10.6 Å². The molecule has 0 spiro atoms. The van der Waals surface area contributed by atoms with E-state index in [2.05, 4.69) is 6.58 Å². The van der Waals surface area contributed by atoms with E-state index in [1.54, 1.807) is 13.8 Å². The second-order valence-electron chi connectivity index (χ2n) is 1.81. The Kier molecular flexibility index (Phi) is 4.05. The van der Waals surface area contributed by atoms with Gasteiger partial charge < -0.3 is 0 Å². The minimum Gasteiger partial charge on any atom is -0.207 e. The summed E-state index contributed by atoms with van der Waals surface area (Å²) in [4.78, 5) is 0. The smallest absolute Gasteiger partial charge is 0.123 e. The van der Waals surface area contributed by atoms with Gasteiger partial charge in [-0.05, 0) is 13.8 Å². The molecule has 0 heterocycles. The van der Waals surface area contributed by atoms with Crippen molar-refractivity contribution < 1.29 is 4.39 Å². The predicted molar refractivity (Wildman–Crippen MR) is 43.6 cm³/mol. The zero-order valence-corrected chi connectivity index (χ0v) is 6.87. The Morgan fingerprint density at radius 1 is 1.60 bits per heavy atom. The van der Waals surface area contributed by atoms with Gasteiger partial charge in [0.2, 0.25) is 0 Å². The number of allylic oxidation sites excluding steroid dienone is 5. The van der Waals surface area contributed by atoms with Crippen LogP contribution in [0.25, 0.3) is 0 Å². The van der Waals surface area contributed by atoms with Crippen LogP contribution in [0.5, 0.6) is 0 Å². The van der Waals surface area contributed by atoms with E-state index in [1.165, 1.54) is 12.2 Å². The summed E-state index contributed by atoms with van der Waals surface area (Å²) in [5.41, 5.74) is 0.430. The molecule has 2 heteroatoms. The normalized spacial score (nSPS) is 14.6. The molecule has 0 bridgehead atoms. The molecule has 0 aliphatic heterocycles. The number of halogens is 2. The zero-order valence-electron chi connectivity index (χ0n) is 6.12. The van der Waals surface area contributed by atoms with Gasteiger partial charge in [0.25, 0.3) is 0 Å². The average Bonchev–Trinajstić information content (AvgIpc) is 2.00. The van der Waals surface area contributed by atoms with Gasteiger partial charge in [0.05, 0.1) is 0 Å². The minimum absolute atomic E-state index is 0.301. The van der Waals surface area contributed by atoms with Crippen molar-refractivity contribution in [2.45, 2.75) is 13.8 Å². The minimum atomic E-state index is -0.301. The van der Waals surface area contributed by atoms with Crippen LogP contribution in [-0.2, 0) is 0 Å². The van der Waals surface area contributed by atoms with Crippen molar-refractivity contribution in [2.75, 3.05) is 0 Å². The van der Waals surface area contributed by atoms with Gasteiger partial charge in [0.15, 0.2) is 0 Å². The Labute approximate surface area is 65.7 Å². The molecule has 0 atom stereocenters. The molecule has 0 saturated heterocycles. The zero-order chi connectivity index (χ0) is 8.15. The molecule has 0 radical (unpaired) electrons. The Balaban J connectivity index is 4.63. The van der Waals surface area contributed by atoms with Crippen LogP contribution in [0.15, 0.2) is 35.2 Å². The summed E-state index contributed by atoms with van der Waals surface area (Å²) in [6, 6.07) is 0. The Morgan fingerprint density at radius 3 is 2.40 bits per heavy atom. The van der Waals surface area contributed by atoms with Crippen molar-refractivity contribution in [3.8, 4) is 0 Å². The fourth-order valence-corrected chi connectivity index (χ4v) is 0.574. The summed E-state index contributed by atoms with van der Waals surface area (Å²) in [5.74, 6) is -0.301. The van der Waals surface area contributed by atoms with Crippen LogP contribution < -0.4 is 0 Å². The Morgan fingerprint density at radius 2 is 2.10 bits per heavy atom. The first kappa shape index (κ1) is 9.44. The fraction of sp³-hybridized carbons (Fsp3) is 0.250. The highest BCUT2D eigenvalue weighted by molar-refractivity contribution is 6.31. The molecule has 0 fully saturated rings. The van der Waals surface area contributed by atoms with Crippen molar-refractivity contribution in [1.29, 1.82) is 0 Å². The van der Waals surface area contributed by atoms with E-state index in [4.69, 9.17) is 11.6 Å². The summed E-state index contributed by atoms with van der Waals surface area (Å²) >= 11 is 5.57. The van der Waals surface area contributed by atoms with Crippen LogP contribution in [0.2, 0.25) is 0 Å². The van der Waals surface area contributed by atoms with Gasteiger partial charge >= 0.3 is 0 Å². The molecule has 0 rings (SSSR count). The van der Waals surface area contributed by atoms with Gasteiger partial charge in [-0.15, -0.1) is 0 Å². The van der Waals surface area contributed by atoms with Gasteiger partial charge in [0.1, 0.15) is 5.83 Å². The molecule has 0 nitrogen and oxygen atoms in total. The van der Waals surface area contributed by atoms with Gasteiger partial charge in [-0.3, -0.25) is 0 Å². The molecule has 10 heavy (non-hydrogen) atoms. The van der Waals surface area contributed by atoms with Gasteiger partial charge in [-0.2, -0.15) is 0 Å². The van der Waals surface area contributed by atoms with Gasteiger partial charge in [-0.25, -0.2) is 4.39 Å². The van der Waals surface area contributed by atoms with E-state index in [1.807, 2.05) is 0 Å². The van der Waals surface area contributed by atoms with E-state index in [-0.39, 0.29) is 5.83 Å². The SMILES string of the molecule is C=C/C(Cl)=C(C)\C(F)=C/C. The molecule has 0 unspecified atom stereocenters. The van der Waals surface area contributed by atoms with E-state index in [9.17, 15) is 4.39 Å². The monoisotopic (exact) mass is 160 g/mol. The molecule has 56 valence electrons. The van der Waals surface area contributed by atoms with Crippen molar-refractivity contribution in [3.63, 3.8) is 0 Å². The molecule has 0 aliphatic rings. The maximum Gasteiger partial charge on any atom is 0.123 e. The third kappa shape index (κ3) is 2.36. The van der Waals surface area contributed by atoms with E-state index in [0.717, 1.165) is 0 Å². The predicted octanol–water partition coefficient (Wildman–Crippen LogP) is 3.56. The molecular formula is C8H10ClF. The third-order valence-corrected chi connectivity index (χ3v) is 1.59. The fourth-order valence-electron chi connectivity index (χ4n) is 0.484. The number of rotatable bonds is 2. The lowest BCUT2D eigenvalue weighted by molar-refractivity contribution is 0.649. The maximum absolute atomic E-state index is 12.6. The topological polar surface area (TPSA) is 0 Å². The second kappa shape index (κ2) is 4.29. The molecule has 0 aliphatic carbocycles. The second-order valence-corrected chi connectivity index (χ2v) is 2.22. The lowest BCUT2D eigenvalue weighted by Crippen LogP contribution is -1.78. The van der Waals surface area contributed by atoms with Crippen LogP contribution in [0.3, 0.4) is 0 Å². The van der Waals surface area contributed by atoms with Crippen molar-refractivity contribution in [2.24, 2.45) is 0 Å². The average molecular weight is 161 g/mol. The Hall–Kier alpha value is -0.560. The first-order valence-electron chi connectivity index (χ1n) is 2.94. The van der Waals surface area contributed by atoms with Crippen LogP contribution in [0, 0.1) is 0 Å². The lowest BCUT2D eigenvalue weighted by Gasteiger charge is -1.96. The van der Waals surface area contributed by atoms with Crippen molar-refractivity contribution in [1.82, 2.24) is 0 Å². The molecular weight excluding hydrogens is 151 g/mol. The van der Waals surface area contributed by atoms with Gasteiger partial charge in [-0.1, -0.05) is 30.3 Å². The molecule has 0 aromatic heterocycles. The molecule has 0 aromatic carbocycles. The third-order valence-electron chi connectivity index (χ3n) is 1.15. The highest BCUT2D eigenvalue weighted by Gasteiger charge is 1.99. The van der Waals surface area contributed by atoms with Crippen molar-refractivity contribution >= 4 is 11.6 Å². The van der Waals surface area contributed by atoms with E-state index in [0.29, 0.717) is 10.6 Å². The molecule has 0 saturated carbocycles. The Bertz CT molecular complexity index is 189. The van der Waals surface area contributed by atoms with E-state index < -0.39 is 0 Å². The first-order chi connectivity index (χ1) is 4.63. The number of hydrogen-bond acceptors (Lipinski definition) is 0. The summed E-state index contributed by atoms with van der Waals surface area (Å²) in [5, 5.41) is 0.357. The molecule has 0 amide bonds. The quantitative estimate of drug-likeness (QED) is 0.542. The van der Waals surface area contributed by atoms with Crippen LogP contribution >= 0.6 is 11.6 Å². The lowest BCUT2D eigenvalue weighted by atomic mass is 10.2. The van der Waals surface area contributed by atoms with E-state index >= 15 is 0 Å². The summed E-state index contributed by atoms with van der Waals surface area (Å²) < 4.78 is 12.6. The molecule has 0 N–H and O–H groups in total. The van der Waals surface area contributed by atoms with Crippen LogP contribution in [0.1, 0.15) is 13.8 Å². The summed E-state index contributed by atoms with van der Waals surface area (Å²) in [6.45, 7) is 6.64. The van der Waals surface area contributed by atoms with Crippen LogP contribution in [0.4, 0.5) is 4.39 Å². The standard InChI is InChI=1S/C8H10ClF/c1-4-7(9)6(3)8(10)5-2/h4-5H,1H2,2-3H3/b7-6+,8-5+. The highest BCUT2D eigenvalue weighted by Crippen LogP contribution is 2.18. The first-order valence-corrected chi connectivity index (χ1v) is 3.32. The largest absolute Gasteiger partial charge is 0.207 e. The van der Waals surface area contributed by atoms with Crippen molar-refractivity contribution in [3.05, 3.63) is 35.2 Å². The highest BCUT2D eigenvalue weighted by atomic mass is 35.5. The van der Waals surface area contributed by atoms with Crippen LogP contribution in [-0.4, -0.2) is 0 Å². The number of hydrogen-bond donors (Lipinski definition) is 0. The summed E-state index contributed by atoms with van der Waals surface area (Å²) in [6.07, 6.45) is 2.78. The summed E-state index contributed by atoms with van der Waals surface area (Å²) in [7, 11) is 0. The maximum atomic E-state index is 12.6.